The lowest BCUT2D eigenvalue weighted by Crippen LogP contribution is -2.14. The highest BCUT2D eigenvalue weighted by atomic mass is 19.1. The van der Waals surface area contributed by atoms with Gasteiger partial charge in [-0.3, -0.25) is 4.98 Å². The van der Waals surface area contributed by atoms with Gasteiger partial charge in [0, 0.05) is 6.20 Å². The average Bonchev–Trinajstić information content (AvgIpc) is 2.06. The van der Waals surface area contributed by atoms with Crippen molar-refractivity contribution in [3.05, 3.63) is 30.1 Å². The van der Waals surface area contributed by atoms with Crippen LogP contribution in [0.2, 0.25) is 0 Å². The second kappa shape index (κ2) is 2.99. The number of nitrogens with zero attached hydrogens (tertiary/aromatic N) is 1. The van der Waals surface area contributed by atoms with E-state index in [-0.39, 0.29) is 0 Å². The molecule has 1 rings (SSSR count). The summed E-state index contributed by atoms with van der Waals surface area (Å²) in [4.78, 5) is 3.95. The van der Waals surface area contributed by atoms with Crippen LogP contribution in [0.1, 0.15) is 26.0 Å². The third-order valence-electron chi connectivity index (χ3n) is 1.86. The van der Waals surface area contributed by atoms with Gasteiger partial charge in [-0.1, -0.05) is 13.0 Å². The fourth-order valence-corrected chi connectivity index (χ4v) is 0.852. The van der Waals surface area contributed by atoms with E-state index in [0.29, 0.717) is 12.1 Å². The molecular weight excluding hydrogens is 141 g/mol. The van der Waals surface area contributed by atoms with E-state index < -0.39 is 5.67 Å². The van der Waals surface area contributed by atoms with E-state index in [4.69, 9.17) is 0 Å². The van der Waals surface area contributed by atoms with E-state index in [9.17, 15) is 4.39 Å². The molecule has 0 aromatic carbocycles. The van der Waals surface area contributed by atoms with Gasteiger partial charge in [-0.15, -0.1) is 0 Å². The summed E-state index contributed by atoms with van der Waals surface area (Å²) in [5.41, 5.74) is -0.760. The Bertz CT molecular complexity index is 218. The molecule has 0 amide bonds. The second-order valence-corrected chi connectivity index (χ2v) is 2.77. The van der Waals surface area contributed by atoms with Crippen molar-refractivity contribution in [2.45, 2.75) is 25.9 Å². The molecular formula is C9H12FN. The number of rotatable bonds is 2. The SMILES string of the molecule is CCC(C)(F)c1ccccn1. The van der Waals surface area contributed by atoms with Crippen LogP contribution in [0.5, 0.6) is 0 Å². The van der Waals surface area contributed by atoms with Crippen LogP contribution in [0, 0.1) is 0 Å². The molecule has 2 heteroatoms. The minimum absolute atomic E-state index is 0.462. The Hall–Kier alpha value is -0.920. The van der Waals surface area contributed by atoms with Crippen LogP contribution in [0.3, 0.4) is 0 Å². The predicted molar refractivity (Wildman–Crippen MR) is 43.0 cm³/mol. The summed E-state index contributed by atoms with van der Waals surface area (Å²) in [6.45, 7) is 3.37. The summed E-state index contributed by atoms with van der Waals surface area (Å²) in [5.74, 6) is 0. The zero-order chi connectivity index (χ0) is 8.32. The van der Waals surface area contributed by atoms with Crippen molar-refractivity contribution < 1.29 is 4.39 Å². The normalized spacial score (nSPS) is 15.9. The van der Waals surface area contributed by atoms with E-state index in [1.54, 1.807) is 31.3 Å². The standard InChI is InChI=1S/C9H12FN/c1-3-9(2,10)8-6-4-5-7-11-8/h4-7H,3H2,1-2H3. The molecule has 1 aromatic heterocycles. The maximum Gasteiger partial charge on any atom is 0.149 e. The van der Waals surface area contributed by atoms with Crippen molar-refractivity contribution in [3.8, 4) is 0 Å². The highest BCUT2D eigenvalue weighted by Gasteiger charge is 2.23. The molecule has 1 nitrogen and oxygen atoms in total. The zero-order valence-corrected chi connectivity index (χ0v) is 6.84. The van der Waals surface area contributed by atoms with Gasteiger partial charge in [-0.2, -0.15) is 0 Å². The number of aromatic nitrogens is 1. The van der Waals surface area contributed by atoms with Crippen LogP contribution >= 0.6 is 0 Å². The van der Waals surface area contributed by atoms with Crippen molar-refractivity contribution in [1.82, 2.24) is 4.98 Å². The highest BCUT2D eigenvalue weighted by Crippen LogP contribution is 2.26. The molecule has 0 saturated carbocycles. The van der Waals surface area contributed by atoms with Crippen LogP contribution in [0.4, 0.5) is 4.39 Å². The molecule has 0 aliphatic heterocycles. The summed E-state index contributed by atoms with van der Waals surface area (Å²) in [5, 5.41) is 0. The molecule has 0 radical (unpaired) electrons. The van der Waals surface area contributed by atoms with Crippen LogP contribution in [-0.4, -0.2) is 4.98 Å². The van der Waals surface area contributed by atoms with E-state index in [2.05, 4.69) is 4.98 Å². The van der Waals surface area contributed by atoms with E-state index >= 15 is 0 Å². The maximum atomic E-state index is 13.5. The first kappa shape index (κ1) is 8.18. The van der Waals surface area contributed by atoms with E-state index in [0.717, 1.165) is 0 Å². The molecule has 1 atom stereocenters. The molecule has 60 valence electrons. The summed E-state index contributed by atoms with van der Waals surface area (Å²) in [6, 6.07) is 5.30. The Balaban J connectivity index is 2.93. The van der Waals surface area contributed by atoms with Gasteiger partial charge in [0.25, 0.3) is 0 Å². The Morgan fingerprint density at radius 2 is 2.27 bits per heavy atom. The Morgan fingerprint density at radius 1 is 1.55 bits per heavy atom. The third kappa shape index (κ3) is 1.76. The fraction of sp³-hybridized carbons (Fsp3) is 0.444. The number of hydrogen-bond donors (Lipinski definition) is 0. The summed E-state index contributed by atoms with van der Waals surface area (Å²) >= 11 is 0. The minimum atomic E-state index is -1.28. The van der Waals surface area contributed by atoms with Gasteiger partial charge in [0.2, 0.25) is 0 Å². The first-order chi connectivity index (χ1) is 5.17. The molecule has 11 heavy (non-hydrogen) atoms. The van der Waals surface area contributed by atoms with Crippen molar-refractivity contribution in [2.24, 2.45) is 0 Å². The van der Waals surface area contributed by atoms with Gasteiger partial charge in [0.15, 0.2) is 0 Å². The van der Waals surface area contributed by atoms with Gasteiger partial charge in [-0.25, -0.2) is 4.39 Å². The molecule has 0 bridgehead atoms. The van der Waals surface area contributed by atoms with Gasteiger partial charge < -0.3 is 0 Å². The Morgan fingerprint density at radius 3 is 2.73 bits per heavy atom. The van der Waals surface area contributed by atoms with Crippen molar-refractivity contribution in [3.63, 3.8) is 0 Å². The lowest BCUT2D eigenvalue weighted by molar-refractivity contribution is 0.179. The molecule has 0 saturated heterocycles. The Labute approximate surface area is 66.3 Å². The summed E-state index contributed by atoms with van der Waals surface area (Å²) in [6.07, 6.45) is 2.08. The van der Waals surface area contributed by atoms with E-state index in [1.807, 2.05) is 6.92 Å². The maximum absolute atomic E-state index is 13.5. The molecule has 1 heterocycles. The zero-order valence-electron chi connectivity index (χ0n) is 6.84. The smallest absolute Gasteiger partial charge is 0.149 e. The largest absolute Gasteiger partial charge is 0.258 e. The van der Waals surface area contributed by atoms with Crippen LogP contribution in [0.15, 0.2) is 24.4 Å². The highest BCUT2D eigenvalue weighted by molar-refractivity contribution is 5.11. The number of alkyl halides is 1. The van der Waals surface area contributed by atoms with Crippen molar-refractivity contribution >= 4 is 0 Å². The summed E-state index contributed by atoms with van der Waals surface area (Å²) < 4.78 is 13.5. The lowest BCUT2D eigenvalue weighted by atomic mass is 10.0. The van der Waals surface area contributed by atoms with Crippen LogP contribution in [0.25, 0.3) is 0 Å². The van der Waals surface area contributed by atoms with E-state index in [1.165, 1.54) is 0 Å². The monoisotopic (exact) mass is 153 g/mol. The molecule has 1 aromatic rings. The molecule has 1 unspecified atom stereocenters. The number of hydrogen-bond acceptors (Lipinski definition) is 1. The minimum Gasteiger partial charge on any atom is -0.258 e. The quantitative estimate of drug-likeness (QED) is 0.636. The molecule has 0 fully saturated rings. The predicted octanol–water partition coefficient (Wildman–Crippen LogP) is 2.68. The van der Waals surface area contributed by atoms with Gasteiger partial charge >= 0.3 is 0 Å². The van der Waals surface area contributed by atoms with Gasteiger partial charge in [0.05, 0.1) is 5.69 Å². The third-order valence-corrected chi connectivity index (χ3v) is 1.86. The van der Waals surface area contributed by atoms with Gasteiger partial charge in [0.1, 0.15) is 5.67 Å². The summed E-state index contributed by atoms with van der Waals surface area (Å²) in [7, 11) is 0. The van der Waals surface area contributed by atoms with Crippen LogP contribution < -0.4 is 0 Å². The van der Waals surface area contributed by atoms with Crippen LogP contribution in [-0.2, 0) is 5.67 Å². The van der Waals surface area contributed by atoms with Crippen molar-refractivity contribution in [2.75, 3.05) is 0 Å². The topological polar surface area (TPSA) is 12.9 Å². The number of pyridine rings is 1. The molecule has 0 aliphatic rings. The van der Waals surface area contributed by atoms with Crippen molar-refractivity contribution in [1.29, 1.82) is 0 Å². The fourth-order valence-electron chi connectivity index (χ4n) is 0.852. The van der Waals surface area contributed by atoms with Gasteiger partial charge in [-0.05, 0) is 25.5 Å². The first-order valence-electron chi connectivity index (χ1n) is 3.77. The Kier molecular flexibility index (Phi) is 2.22. The lowest BCUT2D eigenvalue weighted by Gasteiger charge is -2.16. The number of halogens is 1. The molecule has 0 N–H and O–H groups in total. The first-order valence-corrected chi connectivity index (χ1v) is 3.77. The average molecular weight is 153 g/mol. The second-order valence-electron chi connectivity index (χ2n) is 2.77. The molecule has 0 aliphatic carbocycles. The molecule has 0 spiro atoms.